The Kier molecular flexibility index (Phi) is 6.42. The van der Waals surface area contributed by atoms with E-state index in [1.54, 1.807) is 17.8 Å². The van der Waals surface area contributed by atoms with Crippen LogP contribution in [0.15, 0.2) is 64.0 Å². The topological polar surface area (TPSA) is 52.6 Å². The van der Waals surface area contributed by atoms with Gasteiger partial charge in [-0.25, -0.2) is 0 Å². The summed E-state index contributed by atoms with van der Waals surface area (Å²) in [4.78, 5) is 15.4. The molecular formula is C21H21BrN2O2S. The molecule has 0 heterocycles. The highest BCUT2D eigenvalue weighted by molar-refractivity contribution is 9.10. The second-order valence-electron chi connectivity index (χ2n) is 6.35. The molecule has 3 aromatic carbocycles. The van der Waals surface area contributed by atoms with Gasteiger partial charge in [0.2, 0.25) is 5.91 Å². The molecule has 2 N–H and O–H groups in total. The molecule has 0 bridgehead atoms. The highest BCUT2D eigenvalue weighted by atomic mass is 79.9. The van der Waals surface area contributed by atoms with Gasteiger partial charge in [-0.2, -0.15) is 0 Å². The average molecular weight is 445 g/mol. The Hall–Kier alpha value is -2.02. The molecule has 3 aromatic rings. The Balaban J connectivity index is 1.72. The number of phenols is 1. The predicted molar refractivity (Wildman–Crippen MR) is 116 cm³/mol. The van der Waals surface area contributed by atoms with E-state index < -0.39 is 0 Å². The van der Waals surface area contributed by atoms with Crippen LogP contribution in [0.3, 0.4) is 0 Å². The van der Waals surface area contributed by atoms with Crippen LogP contribution in [0.5, 0.6) is 5.75 Å². The van der Waals surface area contributed by atoms with Crippen LogP contribution in [0.25, 0.3) is 10.8 Å². The Labute approximate surface area is 171 Å². The number of anilines is 1. The first-order chi connectivity index (χ1) is 13.0. The first-order valence-electron chi connectivity index (χ1n) is 8.49. The Morgan fingerprint density at radius 1 is 1.19 bits per heavy atom. The van der Waals surface area contributed by atoms with Crippen LogP contribution in [0.4, 0.5) is 5.69 Å². The van der Waals surface area contributed by atoms with Gasteiger partial charge in [0, 0.05) is 21.5 Å². The second-order valence-corrected chi connectivity index (χ2v) is 8.11. The standard InChI is InChI=1S/C21H21BrN2O2S/c1-24(13-21(26)23-18-5-3-4-6-20(18)27-2)12-17-16-9-8-15(22)11-14(16)7-10-19(17)25/h3-11,25H,12-13H2,1-2H3,(H,23,26). The molecule has 6 heteroatoms. The summed E-state index contributed by atoms with van der Waals surface area (Å²) in [6, 6.07) is 17.3. The number of hydrogen-bond donors (Lipinski definition) is 2. The molecule has 1 amide bonds. The van der Waals surface area contributed by atoms with Gasteiger partial charge in [0.25, 0.3) is 0 Å². The summed E-state index contributed by atoms with van der Waals surface area (Å²) in [5.74, 6) is 0.159. The molecule has 0 saturated carbocycles. The third-order valence-electron chi connectivity index (χ3n) is 4.29. The number of rotatable bonds is 6. The zero-order valence-corrected chi connectivity index (χ0v) is 17.6. The van der Waals surface area contributed by atoms with Crippen molar-refractivity contribution >= 4 is 50.1 Å². The normalized spacial score (nSPS) is 11.1. The van der Waals surface area contributed by atoms with Crippen molar-refractivity contribution in [1.29, 1.82) is 0 Å². The monoisotopic (exact) mass is 444 g/mol. The van der Waals surface area contributed by atoms with Crippen LogP contribution in [-0.2, 0) is 11.3 Å². The molecule has 4 nitrogen and oxygen atoms in total. The fraction of sp³-hybridized carbons (Fsp3) is 0.190. The van der Waals surface area contributed by atoms with E-state index in [0.717, 1.165) is 31.4 Å². The molecule has 0 saturated heterocycles. The van der Waals surface area contributed by atoms with Crippen LogP contribution in [0, 0.1) is 0 Å². The zero-order chi connectivity index (χ0) is 19.4. The smallest absolute Gasteiger partial charge is 0.238 e. The van der Waals surface area contributed by atoms with E-state index in [1.165, 1.54) is 0 Å². The minimum atomic E-state index is -0.0820. The summed E-state index contributed by atoms with van der Waals surface area (Å²) in [5.41, 5.74) is 1.64. The number of phenolic OH excluding ortho intramolecular Hbond substituents is 1. The summed E-state index contributed by atoms with van der Waals surface area (Å²) < 4.78 is 0.992. The molecule has 0 unspecified atom stereocenters. The number of para-hydroxylation sites is 1. The molecule has 140 valence electrons. The lowest BCUT2D eigenvalue weighted by atomic mass is 10.0. The van der Waals surface area contributed by atoms with E-state index in [0.29, 0.717) is 6.54 Å². The number of aromatic hydroxyl groups is 1. The first kappa shape index (κ1) is 19.7. The van der Waals surface area contributed by atoms with E-state index >= 15 is 0 Å². The Morgan fingerprint density at radius 3 is 2.74 bits per heavy atom. The molecule has 0 aliphatic carbocycles. The third-order valence-corrected chi connectivity index (χ3v) is 5.58. The van der Waals surface area contributed by atoms with E-state index in [4.69, 9.17) is 0 Å². The van der Waals surface area contributed by atoms with Crippen molar-refractivity contribution in [1.82, 2.24) is 4.90 Å². The summed E-state index contributed by atoms with van der Waals surface area (Å²) in [7, 11) is 1.87. The lowest BCUT2D eigenvalue weighted by Gasteiger charge is -2.19. The summed E-state index contributed by atoms with van der Waals surface area (Å²) in [5, 5.41) is 15.3. The van der Waals surface area contributed by atoms with Crippen LogP contribution in [0.2, 0.25) is 0 Å². The molecule has 0 radical (unpaired) electrons. The highest BCUT2D eigenvalue weighted by Crippen LogP contribution is 2.30. The van der Waals surface area contributed by atoms with Gasteiger partial charge in [0.05, 0.1) is 12.2 Å². The number of nitrogens with zero attached hydrogens (tertiary/aromatic N) is 1. The lowest BCUT2D eigenvalue weighted by molar-refractivity contribution is -0.117. The average Bonchev–Trinajstić information content (AvgIpc) is 2.64. The molecule has 3 rings (SSSR count). The molecule has 0 aliphatic heterocycles. The van der Waals surface area contributed by atoms with E-state index in [-0.39, 0.29) is 18.2 Å². The Morgan fingerprint density at radius 2 is 1.96 bits per heavy atom. The second kappa shape index (κ2) is 8.78. The van der Waals surface area contributed by atoms with Crippen molar-refractivity contribution in [2.45, 2.75) is 11.4 Å². The maximum Gasteiger partial charge on any atom is 0.238 e. The van der Waals surface area contributed by atoms with Gasteiger partial charge < -0.3 is 10.4 Å². The number of nitrogens with one attached hydrogen (secondary N) is 1. The van der Waals surface area contributed by atoms with Crippen LogP contribution in [-0.4, -0.2) is 35.8 Å². The molecule has 0 aliphatic rings. The molecule has 0 aromatic heterocycles. The fourth-order valence-electron chi connectivity index (χ4n) is 3.03. The minimum absolute atomic E-state index is 0.0820. The number of halogens is 1. The van der Waals surface area contributed by atoms with Crippen molar-refractivity contribution in [2.24, 2.45) is 0 Å². The highest BCUT2D eigenvalue weighted by Gasteiger charge is 2.13. The van der Waals surface area contributed by atoms with Gasteiger partial charge in [-0.15, -0.1) is 11.8 Å². The van der Waals surface area contributed by atoms with Gasteiger partial charge >= 0.3 is 0 Å². The van der Waals surface area contributed by atoms with Gasteiger partial charge in [0.1, 0.15) is 5.75 Å². The van der Waals surface area contributed by atoms with Gasteiger partial charge in [-0.1, -0.05) is 40.2 Å². The quantitative estimate of drug-likeness (QED) is 0.519. The number of carbonyl (C=O) groups excluding carboxylic acids is 1. The van der Waals surface area contributed by atoms with E-state index in [2.05, 4.69) is 21.2 Å². The number of fused-ring (bicyclic) bond motifs is 1. The lowest BCUT2D eigenvalue weighted by Crippen LogP contribution is -2.30. The summed E-state index contributed by atoms with van der Waals surface area (Å²) in [6.45, 7) is 0.706. The number of amides is 1. The molecule has 0 fully saturated rings. The fourth-order valence-corrected chi connectivity index (χ4v) is 3.96. The van der Waals surface area contributed by atoms with Crippen molar-refractivity contribution in [3.05, 3.63) is 64.6 Å². The summed E-state index contributed by atoms with van der Waals surface area (Å²) in [6.07, 6.45) is 1.98. The van der Waals surface area contributed by atoms with Crippen molar-refractivity contribution < 1.29 is 9.90 Å². The molecule has 27 heavy (non-hydrogen) atoms. The molecular weight excluding hydrogens is 424 g/mol. The van der Waals surface area contributed by atoms with Gasteiger partial charge in [0.15, 0.2) is 0 Å². The number of thioether (sulfide) groups is 1. The van der Waals surface area contributed by atoms with Crippen molar-refractivity contribution in [3.63, 3.8) is 0 Å². The third kappa shape index (κ3) is 4.83. The van der Waals surface area contributed by atoms with Crippen LogP contribution in [0.1, 0.15) is 5.56 Å². The minimum Gasteiger partial charge on any atom is -0.508 e. The zero-order valence-electron chi connectivity index (χ0n) is 15.2. The number of carbonyl (C=O) groups is 1. The van der Waals surface area contributed by atoms with Crippen LogP contribution >= 0.6 is 27.7 Å². The largest absolute Gasteiger partial charge is 0.508 e. The van der Waals surface area contributed by atoms with Crippen molar-refractivity contribution in [3.8, 4) is 5.75 Å². The van der Waals surface area contributed by atoms with E-state index in [1.807, 2.05) is 66.7 Å². The maximum atomic E-state index is 12.4. The van der Waals surface area contributed by atoms with Crippen LogP contribution < -0.4 is 5.32 Å². The molecule has 0 atom stereocenters. The number of hydrogen-bond acceptors (Lipinski definition) is 4. The predicted octanol–water partition coefficient (Wildman–Crippen LogP) is 5.10. The Bertz CT molecular complexity index is 978. The van der Waals surface area contributed by atoms with E-state index in [9.17, 15) is 9.90 Å². The van der Waals surface area contributed by atoms with Gasteiger partial charge in [-0.3, -0.25) is 9.69 Å². The van der Waals surface area contributed by atoms with Crippen molar-refractivity contribution in [2.75, 3.05) is 25.2 Å². The maximum absolute atomic E-state index is 12.4. The van der Waals surface area contributed by atoms with Gasteiger partial charge in [-0.05, 0) is 54.4 Å². The molecule has 0 spiro atoms. The number of likely N-dealkylation sites (N-methyl/N-ethyl adjacent to an activating group) is 1. The summed E-state index contributed by atoms with van der Waals surface area (Å²) >= 11 is 5.07. The first-order valence-corrected chi connectivity index (χ1v) is 10.5. The SMILES string of the molecule is CSc1ccccc1NC(=O)CN(C)Cc1c(O)ccc2cc(Br)ccc12. The number of benzene rings is 3.